The number of rotatable bonds is 4. The van der Waals surface area contributed by atoms with Crippen molar-refractivity contribution in [1.82, 2.24) is 4.98 Å². The van der Waals surface area contributed by atoms with Crippen LogP contribution in [-0.2, 0) is 0 Å². The first kappa shape index (κ1) is 9.78. The van der Waals surface area contributed by atoms with Crippen molar-refractivity contribution in [3.63, 3.8) is 0 Å². The Morgan fingerprint density at radius 2 is 2.36 bits per heavy atom. The SMILES string of the molecule is CCCN(c1ccnc(Cl)c1)C1CC1. The highest BCUT2D eigenvalue weighted by atomic mass is 35.5. The van der Waals surface area contributed by atoms with E-state index in [0.29, 0.717) is 5.15 Å². The van der Waals surface area contributed by atoms with Crippen LogP contribution in [0.4, 0.5) is 5.69 Å². The van der Waals surface area contributed by atoms with E-state index in [1.807, 2.05) is 12.1 Å². The maximum absolute atomic E-state index is 5.88. The summed E-state index contributed by atoms with van der Waals surface area (Å²) in [5.74, 6) is 0. The summed E-state index contributed by atoms with van der Waals surface area (Å²) in [6.07, 6.45) is 5.60. The van der Waals surface area contributed by atoms with E-state index in [0.717, 1.165) is 12.6 Å². The van der Waals surface area contributed by atoms with Crippen LogP contribution >= 0.6 is 11.6 Å². The van der Waals surface area contributed by atoms with E-state index in [4.69, 9.17) is 11.6 Å². The molecule has 0 unspecified atom stereocenters. The van der Waals surface area contributed by atoms with Crippen LogP contribution in [0.5, 0.6) is 0 Å². The Morgan fingerprint density at radius 3 is 2.93 bits per heavy atom. The lowest BCUT2D eigenvalue weighted by atomic mass is 10.3. The van der Waals surface area contributed by atoms with Gasteiger partial charge < -0.3 is 4.90 Å². The summed E-state index contributed by atoms with van der Waals surface area (Å²) in [6.45, 7) is 3.32. The molecular formula is C11H15ClN2. The molecule has 0 saturated heterocycles. The van der Waals surface area contributed by atoms with Gasteiger partial charge in [0.15, 0.2) is 0 Å². The third-order valence-electron chi connectivity index (χ3n) is 2.49. The molecule has 0 amide bonds. The van der Waals surface area contributed by atoms with Gasteiger partial charge in [0.2, 0.25) is 0 Å². The largest absolute Gasteiger partial charge is 0.368 e. The highest BCUT2D eigenvalue weighted by Gasteiger charge is 2.28. The van der Waals surface area contributed by atoms with Gasteiger partial charge in [-0.15, -0.1) is 0 Å². The van der Waals surface area contributed by atoms with Gasteiger partial charge in [-0.2, -0.15) is 0 Å². The Kier molecular flexibility index (Phi) is 2.92. The first-order chi connectivity index (χ1) is 6.81. The smallest absolute Gasteiger partial charge is 0.131 e. The van der Waals surface area contributed by atoms with Crippen LogP contribution in [-0.4, -0.2) is 17.6 Å². The first-order valence-electron chi connectivity index (χ1n) is 5.19. The van der Waals surface area contributed by atoms with Crippen LogP contribution in [0, 0.1) is 0 Å². The third-order valence-corrected chi connectivity index (χ3v) is 2.70. The number of hydrogen-bond donors (Lipinski definition) is 0. The molecule has 0 aromatic carbocycles. The van der Waals surface area contributed by atoms with Crippen molar-refractivity contribution in [2.24, 2.45) is 0 Å². The predicted molar refractivity (Wildman–Crippen MR) is 59.9 cm³/mol. The average molecular weight is 211 g/mol. The van der Waals surface area contributed by atoms with Crippen molar-refractivity contribution >= 4 is 17.3 Å². The molecule has 0 aliphatic heterocycles. The molecule has 0 spiro atoms. The summed E-state index contributed by atoms with van der Waals surface area (Å²) in [5.41, 5.74) is 1.22. The van der Waals surface area contributed by atoms with Crippen molar-refractivity contribution in [2.45, 2.75) is 32.2 Å². The molecule has 2 nitrogen and oxygen atoms in total. The van der Waals surface area contributed by atoms with E-state index >= 15 is 0 Å². The molecule has 14 heavy (non-hydrogen) atoms. The minimum Gasteiger partial charge on any atom is -0.368 e. The van der Waals surface area contributed by atoms with Crippen LogP contribution in [0.15, 0.2) is 18.3 Å². The second-order valence-electron chi connectivity index (χ2n) is 3.76. The summed E-state index contributed by atoms with van der Waals surface area (Å²) >= 11 is 5.88. The molecule has 0 N–H and O–H groups in total. The summed E-state index contributed by atoms with van der Waals surface area (Å²) in [7, 11) is 0. The molecule has 1 aromatic heterocycles. The van der Waals surface area contributed by atoms with E-state index in [-0.39, 0.29) is 0 Å². The van der Waals surface area contributed by atoms with Crippen molar-refractivity contribution in [3.05, 3.63) is 23.5 Å². The molecular weight excluding hydrogens is 196 g/mol. The zero-order valence-corrected chi connectivity index (χ0v) is 9.17. The normalized spacial score (nSPS) is 15.6. The zero-order valence-electron chi connectivity index (χ0n) is 8.41. The lowest BCUT2D eigenvalue weighted by Gasteiger charge is -2.23. The van der Waals surface area contributed by atoms with Crippen molar-refractivity contribution in [1.29, 1.82) is 0 Å². The van der Waals surface area contributed by atoms with E-state index < -0.39 is 0 Å². The second kappa shape index (κ2) is 4.18. The van der Waals surface area contributed by atoms with Crippen molar-refractivity contribution < 1.29 is 0 Å². The minimum absolute atomic E-state index is 0.587. The average Bonchev–Trinajstić information content (AvgIpc) is 2.97. The van der Waals surface area contributed by atoms with Crippen LogP contribution < -0.4 is 4.90 Å². The number of pyridine rings is 1. The van der Waals surface area contributed by atoms with Crippen LogP contribution in [0.3, 0.4) is 0 Å². The molecule has 0 radical (unpaired) electrons. The number of nitrogens with zero attached hydrogens (tertiary/aromatic N) is 2. The Balaban J connectivity index is 2.16. The minimum atomic E-state index is 0.587. The molecule has 76 valence electrons. The molecule has 1 fully saturated rings. The summed E-state index contributed by atoms with van der Waals surface area (Å²) < 4.78 is 0. The van der Waals surface area contributed by atoms with E-state index in [9.17, 15) is 0 Å². The predicted octanol–water partition coefficient (Wildman–Crippen LogP) is 3.11. The van der Waals surface area contributed by atoms with Crippen LogP contribution in [0.25, 0.3) is 0 Å². The maximum atomic E-state index is 5.88. The lowest BCUT2D eigenvalue weighted by molar-refractivity contribution is 0.762. The van der Waals surface area contributed by atoms with Crippen molar-refractivity contribution in [2.75, 3.05) is 11.4 Å². The van der Waals surface area contributed by atoms with Crippen molar-refractivity contribution in [3.8, 4) is 0 Å². The number of hydrogen-bond acceptors (Lipinski definition) is 2. The maximum Gasteiger partial charge on any atom is 0.131 e. The van der Waals surface area contributed by atoms with Gasteiger partial charge in [-0.25, -0.2) is 4.98 Å². The molecule has 1 saturated carbocycles. The zero-order chi connectivity index (χ0) is 9.97. The molecule has 3 heteroatoms. The molecule has 0 bridgehead atoms. The fourth-order valence-corrected chi connectivity index (χ4v) is 1.89. The van der Waals surface area contributed by atoms with Gasteiger partial charge in [0.1, 0.15) is 5.15 Å². The second-order valence-corrected chi connectivity index (χ2v) is 4.15. The molecule has 2 rings (SSSR count). The molecule has 1 heterocycles. The highest BCUT2D eigenvalue weighted by molar-refractivity contribution is 6.29. The van der Waals surface area contributed by atoms with Gasteiger partial charge in [-0.3, -0.25) is 0 Å². The first-order valence-corrected chi connectivity index (χ1v) is 5.57. The van der Waals surface area contributed by atoms with E-state index in [2.05, 4.69) is 16.8 Å². The number of halogens is 1. The van der Waals surface area contributed by atoms with Gasteiger partial charge in [0.25, 0.3) is 0 Å². The van der Waals surface area contributed by atoms with Gasteiger partial charge in [0, 0.05) is 24.5 Å². The molecule has 1 aliphatic rings. The summed E-state index contributed by atoms with van der Waals surface area (Å²) in [6, 6.07) is 4.74. The quantitative estimate of drug-likeness (QED) is 0.710. The van der Waals surface area contributed by atoms with E-state index in [1.165, 1.54) is 24.9 Å². The van der Waals surface area contributed by atoms with Gasteiger partial charge in [-0.1, -0.05) is 18.5 Å². The molecule has 1 aromatic rings. The Morgan fingerprint density at radius 1 is 1.57 bits per heavy atom. The summed E-state index contributed by atoms with van der Waals surface area (Å²) in [4.78, 5) is 6.44. The number of anilines is 1. The molecule has 1 aliphatic carbocycles. The Hall–Kier alpha value is -0.760. The lowest BCUT2D eigenvalue weighted by Crippen LogP contribution is -2.26. The van der Waals surface area contributed by atoms with Gasteiger partial charge in [0.05, 0.1) is 0 Å². The molecule has 0 atom stereocenters. The summed E-state index contributed by atoms with van der Waals surface area (Å²) in [5, 5.41) is 0.587. The third kappa shape index (κ3) is 2.18. The monoisotopic (exact) mass is 210 g/mol. The van der Waals surface area contributed by atoms with Crippen LogP contribution in [0.2, 0.25) is 5.15 Å². The highest BCUT2D eigenvalue weighted by Crippen LogP contribution is 2.32. The van der Waals surface area contributed by atoms with Gasteiger partial charge in [-0.05, 0) is 31.4 Å². The topological polar surface area (TPSA) is 16.1 Å². The Labute approximate surface area is 89.9 Å². The number of aromatic nitrogens is 1. The van der Waals surface area contributed by atoms with Crippen LogP contribution in [0.1, 0.15) is 26.2 Å². The standard InChI is InChI=1S/C11H15ClN2/c1-2-7-14(9-3-4-9)10-5-6-13-11(12)8-10/h5-6,8-9H,2-4,7H2,1H3. The fraction of sp³-hybridized carbons (Fsp3) is 0.545. The Bertz CT molecular complexity index is 310. The van der Waals surface area contributed by atoms with Gasteiger partial charge >= 0.3 is 0 Å². The van der Waals surface area contributed by atoms with E-state index in [1.54, 1.807) is 6.20 Å². The fourth-order valence-electron chi connectivity index (χ4n) is 1.72.